The number of para-hydroxylation sites is 2. The van der Waals surface area contributed by atoms with E-state index in [4.69, 9.17) is 15.8 Å². The van der Waals surface area contributed by atoms with E-state index < -0.39 is 21.4 Å². The van der Waals surface area contributed by atoms with Crippen molar-refractivity contribution >= 4 is 27.4 Å². The molecule has 0 spiro atoms. The lowest BCUT2D eigenvalue weighted by atomic mass is 9.97. The highest BCUT2D eigenvalue weighted by atomic mass is 35.5. The molecule has 3 aromatic rings. The maximum Gasteiger partial charge on any atom is 0.318 e. The first-order chi connectivity index (χ1) is 12.5. The van der Waals surface area contributed by atoms with Crippen LogP contribution >= 0.6 is 11.6 Å². The maximum atomic E-state index is 13.1. The molecule has 0 aliphatic carbocycles. The standard InChI is InChI=1S/C20H16ClNO3S/c21-16-12-10-14(11-13-16)19-20(15-6-2-1-3-7-15)26(23,24)25-18-9-5-4-8-17(18)22-19/h1-13,19-20,22H. The molecule has 4 rings (SSSR count). The molecule has 1 N–H and O–H groups in total. The zero-order valence-corrected chi connectivity index (χ0v) is 15.2. The number of hydrogen-bond donors (Lipinski definition) is 1. The van der Waals surface area contributed by atoms with E-state index in [2.05, 4.69) is 5.32 Å². The van der Waals surface area contributed by atoms with Crippen LogP contribution in [0.4, 0.5) is 5.69 Å². The Morgan fingerprint density at radius 2 is 1.46 bits per heavy atom. The maximum absolute atomic E-state index is 13.1. The van der Waals surface area contributed by atoms with Crippen LogP contribution < -0.4 is 9.50 Å². The Morgan fingerprint density at radius 3 is 2.19 bits per heavy atom. The van der Waals surface area contributed by atoms with Gasteiger partial charge in [-0.15, -0.1) is 0 Å². The van der Waals surface area contributed by atoms with Crippen molar-refractivity contribution in [3.8, 4) is 5.75 Å². The molecule has 0 amide bonds. The normalized spacial score (nSPS) is 21.0. The summed E-state index contributed by atoms with van der Waals surface area (Å²) in [5, 5.41) is 3.04. The van der Waals surface area contributed by atoms with Gasteiger partial charge in [0.2, 0.25) is 0 Å². The van der Waals surface area contributed by atoms with Crippen LogP contribution in [-0.4, -0.2) is 8.42 Å². The van der Waals surface area contributed by atoms with Crippen molar-refractivity contribution in [3.05, 3.63) is 95.0 Å². The average Bonchev–Trinajstić information content (AvgIpc) is 2.75. The number of nitrogens with one attached hydrogen (secondary N) is 1. The molecule has 0 saturated heterocycles. The van der Waals surface area contributed by atoms with Gasteiger partial charge in [0.15, 0.2) is 5.75 Å². The molecule has 0 bridgehead atoms. The Balaban J connectivity index is 1.92. The Labute approximate surface area is 157 Å². The lowest BCUT2D eigenvalue weighted by Crippen LogP contribution is -2.26. The summed E-state index contributed by atoms with van der Waals surface area (Å²) in [6.07, 6.45) is 0. The monoisotopic (exact) mass is 385 g/mol. The van der Waals surface area contributed by atoms with Crippen LogP contribution in [0.15, 0.2) is 78.9 Å². The van der Waals surface area contributed by atoms with E-state index >= 15 is 0 Å². The van der Waals surface area contributed by atoms with E-state index in [1.807, 2.05) is 36.4 Å². The summed E-state index contributed by atoms with van der Waals surface area (Å²) in [4.78, 5) is 0. The number of benzene rings is 3. The molecule has 26 heavy (non-hydrogen) atoms. The zero-order valence-electron chi connectivity index (χ0n) is 13.7. The average molecular weight is 386 g/mol. The highest BCUT2D eigenvalue weighted by Crippen LogP contribution is 2.44. The summed E-state index contributed by atoms with van der Waals surface area (Å²) in [7, 11) is -3.93. The summed E-state index contributed by atoms with van der Waals surface area (Å²) in [5.41, 5.74) is 2.11. The van der Waals surface area contributed by atoms with E-state index in [9.17, 15) is 8.42 Å². The zero-order chi connectivity index (χ0) is 18.1. The van der Waals surface area contributed by atoms with Gasteiger partial charge in [-0.1, -0.05) is 66.2 Å². The third-order valence-electron chi connectivity index (χ3n) is 4.37. The molecule has 2 unspecified atom stereocenters. The molecular formula is C20H16ClNO3S. The van der Waals surface area contributed by atoms with Crippen LogP contribution in [0.5, 0.6) is 5.75 Å². The summed E-state index contributed by atoms with van der Waals surface area (Å²) < 4.78 is 31.7. The first-order valence-corrected chi connectivity index (χ1v) is 9.99. The molecular weight excluding hydrogens is 370 g/mol. The Morgan fingerprint density at radius 1 is 0.808 bits per heavy atom. The van der Waals surface area contributed by atoms with Crippen LogP contribution in [0, 0.1) is 0 Å². The fraction of sp³-hybridized carbons (Fsp3) is 0.100. The number of hydrogen-bond acceptors (Lipinski definition) is 4. The number of fused-ring (bicyclic) bond motifs is 1. The predicted molar refractivity (Wildman–Crippen MR) is 103 cm³/mol. The highest BCUT2D eigenvalue weighted by Gasteiger charge is 2.40. The van der Waals surface area contributed by atoms with Gasteiger partial charge in [0.05, 0.1) is 11.7 Å². The molecule has 1 aliphatic rings. The van der Waals surface area contributed by atoms with Gasteiger partial charge < -0.3 is 9.50 Å². The van der Waals surface area contributed by atoms with E-state index in [1.165, 1.54) is 0 Å². The van der Waals surface area contributed by atoms with Crippen molar-refractivity contribution in [1.82, 2.24) is 0 Å². The second-order valence-electron chi connectivity index (χ2n) is 6.08. The first-order valence-electron chi connectivity index (χ1n) is 8.14. The fourth-order valence-corrected chi connectivity index (χ4v) is 4.85. The largest absolute Gasteiger partial charge is 0.380 e. The molecule has 1 aliphatic heterocycles. The highest BCUT2D eigenvalue weighted by molar-refractivity contribution is 7.87. The second kappa shape index (κ2) is 6.67. The van der Waals surface area contributed by atoms with Crippen molar-refractivity contribution in [2.75, 3.05) is 5.32 Å². The molecule has 0 fully saturated rings. The Bertz CT molecular complexity index is 1020. The molecule has 0 aromatic heterocycles. The Kier molecular flexibility index (Phi) is 4.34. The van der Waals surface area contributed by atoms with E-state index in [0.717, 1.165) is 5.56 Å². The van der Waals surface area contributed by atoms with Gasteiger partial charge in [-0.05, 0) is 35.4 Å². The van der Waals surface area contributed by atoms with Gasteiger partial charge in [0, 0.05) is 5.02 Å². The van der Waals surface area contributed by atoms with Crippen LogP contribution in [-0.2, 0) is 10.1 Å². The number of anilines is 1. The summed E-state index contributed by atoms with van der Waals surface area (Å²) in [5.74, 6) is 0.296. The quantitative estimate of drug-likeness (QED) is 0.633. The molecule has 1 heterocycles. The molecule has 2 atom stereocenters. The molecule has 4 nitrogen and oxygen atoms in total. The number of rotatable bonds is 2. The van der Waals surface area contributed by atoms with E-state index in [1.54, 1.807) is 42.5 Å². The third-order valence-corrected chi connectivity index (χ3v) is 6.21. The molecule has 132 valence electrons. The molecule has 0 radical (unpaired) electrons. The predicted octanol–water partition coefficient (Wildman–Crippen LogP) is 4.96. The minimum atomic E-state index is -3.93. The molecule has 6 heteroatoms. The van der Waals surface area contributed by atoms with Crippen LogP contribution in [0.2, 0.25) is 5.02 Å². The smallest absolute Gasteiger partial charge is 0.318 e. The molecule has 3 aromatic carbocycles. The minimum Gasteiger partial charge on any atom is -0.380 e. The SMILES string of the molecule is O=S1(=O)Oc2ccccc2NC(c2ccc(Cl)cc2)C1c1ccccc1. The van der Waals surface area contributed by atoms with Crippen molar-refractivity contribution in [1.29, 1.82) is 0 Å². The minimum absolute atomic E-state index is 0.296. The van der Waals surface area contributed by atoms with Crippen molar-refractivity contribution in [2.24, 2.45) is 0 Å². The Hall–Kier alpha value is -2.50. The summed E-state index contributed by atoms with van der Waals surface area (Å²) in [6.45, 7) is 0. The van der Waals surface area contributed by atoms with E-state index in [-0.39, 0.29) is 0 Å². The number of halogens is 1. The van der Waals surface area contributed by atoms with Gasteiger partial charge >= 0.3 is 10.1 Å². The lowest BCUT2D eigenvalue weighted by Gasteiger charge is -2.25. The lowest BCUT2D eigenvalue weighted by molar-refractivity contribution is 0.472. The topological polar surface area (TPSA) is 55.4 Å². The second-order valence-corrected chi connectivity index (χ2v) is 8.17. The van der Waals surface area contributed by atoms with Crippen LogP contribution in [0.1, 0.15) is 22.4 Å². The van der Waals surface area contributed by atoms with Gasteiger partial charge in [-0.3, -0.25) is 0 Å². The van der Waals surface area contributed by atoms with Gasteiger partial charge in [-0.25, -0.2) is 0 Å². The van der Waals surface area contributed by atoms with Gasteiger partial charge in [0.25, 0.3) is 0 Å². The van der Waals surface area contributed by atoms with Crippen LogP contribution in [0.25, 0.3) is 0 Å². The molecule has 0 saturated carbocycles. The summed E-state index contributed by atoms with van der Waals surface area (Å²) in [6, 6.07) is 22.8. The van der Waals surface area contributed by atoms with Gasteiger partial charge in [0.1, 0.15) is 5.25 Å². The summed E-state index contributed by atoms with van der Waals surface area (Å²) >= 11 is 6.01. The van der Waals surface area contributed by atoms with Crippen LogP contribution in [0.3, 0.4) is 0 Å². The first kappa shape index (κ1) is 16.9. The van der Waals surface area contributed by atoms with Crippen molar-refractivity contribution < 1.29 is 12.6 Å². The van der Waals surface area contributed by atoms with Crippen molar-refractivity contribution in [3.63, 3.8) is 0 Å². The third kappa shape index (κ3) is 3.16. The van der Waals surface area contributed by atoms with E-state index in [0.29, 0.717) is 22.0 Å². The van der Waals surface area contributed by atoms with Gasteiger partial charge in [-0.2, -0.15) is 8.42 Å². The van der Waals surface area contributed by atoms with Crippen molar-refractivity contribution in [2.45, 2.75) is 11.3 Å². The fourth-order valence-electron chi connectivity index (χ4n) is 3.18.